The maximum atomic E-state index is 3.63. The van der Waals surface area contributed by atoms with E-state index in [0.29, 0.717) is 6.04 Å². The molecule has 2 heteroatoms. The zero-order valence-corrected chi connectivity index (χ0v) is 8.41. The van der Waals surface area contributed by atoms with Crippen molar-refractivity contribution < 1.29 is 0 Å². The Morgan fingerprint density at radius 2 is 2.27 bits per heavy atom. The van der Waals surface area contributed by atoms with E-state index < -0.39 is 0 Å². The largest absolute Gasteiger partial charge is 0.311 e. The smallest absolute Gasteiger partial charge is 0.0132 e. The fraction of sp³-hybridized carbons (Fsp3) is 1.00. The molecule has 1 saturated carbocycles. The Balaban J connectivity index is 1.95. The molecule has 1 aliphatic carbocycles. The van der Waals surface area contributed by atoms with E-state index in [2.05, 4.69) is 19.2 Å². The molecule has 0 aliphatic heterocycles. The number of rotatable bonds is 5. The minimum Gasteiger partial charge on any atom is -0.311 e. The van der Waals surface area contributed by atoms with Crippen LogP contribution in [0.5, 0.6) is 0 Å². The van der Waals surface area contributed by atoms with Crippen LogP contribution >= 0.6 is 11.8 Å². The van der Waals surface area contributed by atoms with Crippen LogP contribution in [0.25, 0.3) is 0 Å². The molecular weight excluding hydrogens is 154 g/mol. The highest BCUT2D eigenvalue weighted by molar-refractivity contribution is 7.99. The van der Waals surface area contributed by atoms with E-state index in [4.69, 9.17) is 0 Å². The monoisotopic (exact) mass is 173 g/mol. The van der Waals surface area contributed by atoms with E-state index in [1.54, 1.807) is 0 Å². The molecule has 0 aromatic rings. The minimum absolute atomic E-state index is 0.713. The molecule has 66 valence electrons. The van der Waals surface area contributed by atoms with Crippen molar-refractivity contribution in [3.63, 3.8) is 0 Å². The summed E-state index contributed by atoms with van der Waals surface area (Å²) in [4.78, 5) is 0. The van der Waals surface area contributed by atoms with Gasteiger partial charge in [-0.25, -0.2) is 0 Å². The third kappa shape index (κ3) is 3.48. The van der Waals surface area contributed by atoms with Crippen molar-refractivity contribution in [1.29, 1.82) is 0 Å². The van der Waals surface area contributed by atoms with Crippen LogP contribution < -0.4 is 5.32 Å². The second kappa shape index (κ2) is 5.04. The first-order chi connectivity index (χ1) is 5.33. The van der Waals surface area contributed by atoms with Crippen molar-refractivity contribution in [3.05, 3.63) is 0 Å². The van der Waals surface area contributed by atoms with Gasteiger partial charge in [-0.05, 0) is 25.5 Å². The Labute approximate surface area is 74.3 Å². The summed E-state index contributed by atoms with van der Waals surface area (Å²) in [5.41, 5.74) is 0. The molecule has 0 aromatic carbocycles. The van der Waals surface area contributed by atoms with Crippen molar-refractivity contribution in [2.45, 2.75) is 45.2 Å². The van der Waals surface area contributed by atoms with Gasteiger partial charge in [0.1, 0.15) is 0 Å². The molecule has 1 nitrogen and oxygen atoms in total. The van der Waals surface area contributed by atoms with Gasteiger partial charge in [0, 0.05) is 17.8 Å². The molecule has 1 fully saturated rings. The van der Waals surface area contributed by atoms with Gasteiger partial charge >= 0.3 is 0 Å². The van der Waals surface area contributed by atoms with E-state index in [1.165, 1.54) is 30.8 Å². The average Bonchev–Trinajstić information content (AvgIpc) is 1.93. The van der Waals surface area contributed by atoms with Gasteiger partial charge < -0.3 is 5.32 Å². The number of nitrogens with one attached hydrogen (secondary N) is 1. The van der Waals surface area contributed by atoms with Crippen LogP contribution in [-0.4, -0.2) is 23.6 Å². The fourth-order valence-corrected chi connectivity index (χ4v) is 2.01. The predicted molar refractivity (Wildman–Crippen MR) is 53.2 cm³/mol. The second-order valence-corrected chi connectivity index (χ2v) is 4.67. The molecule has 0 aromatic heterocycles. The van der Waals surface area contributed by atoms with Gasteiger partial charge in [0.15, 0.2) is 0 Å². The van der Waals surface area contributed by atoms with Crippen molar-refractivity contribution in [1.82, 2.24) is 5.32 Å². The third-order valence-corrected chi connectivity index (χ3v) is 3.34. The van der Waals surface area contributed by atoms with E-state index in [1.807, 2.05) is 11.8 Å². The van der Waals surface area contributed by atoms with Crippen molar-refractivity contribution in [2.75, 3.05) is 11.5 Å². The van der Waals surface area contributed by atoms with Gasteiger partial charge in [-0.1, -0.05) is 13.3 Å². The lowest BCUT2D eigenvalue weighted by atomic mass is 9.93. The maximum absolute atomic E-state index is 3.63. The molecular formula is C9H19NS. The molecule has 0 heterocycles. The SMILES string of the molecule is CCSCC(C)NC1CCC1. The lowest BCUT2D eigenvalue weighted by molar-refractivity contribution is 0.320. The zero-order valence-electron chi connectivity index (χ0n) is 7.60. The van der Waals surface area contributed by atoms with Gasteiger partial charge in [0.05, 0.1) is 0 Å². The number of thioether (sulfide) groups is 1. The van der Waals surface area contributed by atoms with Crippen LogP contribution in [-0.2, 0) is 0 Å². The Morgan fingerprint density at radius 1 is 1.55 bits per heavy atom. The van der Waals surface area contributed by atoms with Crippen LogP contribution in [0, 0.1) is 0 Å². The van der Waals surface area contributed by atoms with Gasteiger partial charge in [-0.15, -0.1) is 0 Å². The van der Waals surface area contributed by atoms with Crippen molar-refractivity contribution in [2.24, 2.45) is 0 Å². The average molecular weight is 173 g/mol. The molecule has 0 amide bonds. The molecule has 1 aliphatic rings. The number of hydrogen-bond donors (Lipinski definition) is 1. The number of hydrogen-bond acceptors (Lipinski definition) is 2. The fourth-order valence-electron chi connectivity index (χ4n) is 1.32. The molecule has 1 unspecified atom stereocenters. The van der Waals surface area contributed by atoms with Gasteiger partial charge in [0.2, 0.25) is 0 Å². The second-order valence-electron chi connectivity index (χ2n) is 3.36. The molecule has 0 saturated heterocycles. The summed E-state index contributed by atoms with van der Waals surface area (Å²) >= 11 is 2.03. The first-order valence-electron chi connectivity index (χ1n) is 4.66. The van der Waals surface area contributed by atoms with Crippen LogP contribution in [0.2, 0.25) is 0 Å². The van der Waals surface area contributed by atoms with Crippen LogP contribution in [0.15, 0.2) is 0 Å². The Bertz CT molecular complexity index is 102. The Hall–Kier alpha value is 0.310. The normalized spacial score (nSPS) is 21.3. The van der Waals surface area contributed by atoms with Crippen molar-refractivity contribution >= 4 is 11.8 Å². The highest BCUT2D eigenvalue weighted by Crippen LogP contribution is 2.19. The summed E-state index contributed by atoms with van der Waals surface area (Å²) in [6.07, 6.45) is 4.24. The molecule has 1 N–H and O–H groups in total. The lowest BCUT2D eigenvalue weighted by Gasteiger charge is -2.29. The lowest BCUT2D eigenvalue weighted by Crippen LogP contribution is -2.42. The van der Waals surface area contributed by atoms with Gasteiger partial charge in [-0.2, -0.15) is 11.8 Å². The van der Waals surface area contributed by atoms with Crippen LogP contribution in [0.3, 0.4) is 0 Å². The first kappa shape index (κ1) is 9.40. The standard InChI is InChI=1S/C9H19NS/c1-3-11-7-8(2)10-9-5-4-6-9/h8-10H,3-7H2,1-2H3. The highest BCUT2D eigenvalue weighted by atomic mass is 32.2. The highest BCUT2D eigenvalue weighted by Gasteiger charge is 2.18. The molecule has 0 bridgehead atoms. The van der Waals surface area contributed by atoms with Crippen molar-refractivity contribution in [3.8, 4) is 0 Å². The maximum Gasteiger partial charge on any atom is 0.0132 e. The predicted octanol–water partition coefficient (Wildman–Crippen LogP) is 2.27. The Kier molecular flexibility index (Phi) is 4.31. The summed E-state index contributed by atoms with van der Waals surface area (Å²) in [6.45, 7) is 4.52. The van der Waals surface area contributed by atoms with Gasteiger partial charge in [-0.3, -0.25) is 0 Å². The van der Waals surface area contributed by atoms with E-state index in [0.717, 1.165) is 6.04 Å². The van der Waals surface area contributed by atoms with E-state index in [9.17, 15) is 0 Å². The first-order valence-corrected chi connectivity index (χ1v) is 5.82. The molecule has 0 spiro atoms. The quantitative estimate of drug-likeness (QED) is 0.684. The molecule has 1 atom stereocenters. The van der Waals surface area contributed by atoms with E-state index >= 15 is 0 Å². The molecule has 11 heavy (non-hydrogen) atoms. The molecule has 0 radical (unpaired) electrons. The topological polar surface area (TPSA) is 12.0 Å². The molecule has 1 rings (SSSR count). The summed E-state index contributed by atoms with van der Waals surface area (Å²) in [6, 6.07) is 1.56. The van der Waals surface area contributed by atoms with Crippen LogP contribution in [0.4, 0.5) is 0 Å². The summed E-state index contributed by atoms with van der Waals surface area (Å²) < 4.78 is 0. The van der Waals surface area contributed by atoms with Gasteiger partial charge in [0.25, 0.3) is 0 Å². The van der Waals surface area contributed by atoms with E-state index in [-0.39, 0.29) is 0 Å². The third-order valence-electron chi connectivity index (χ3n) is 2.20. The Morgan fingerprint density at radius 3 is 2.73 bits per heavy atom. The summed E-state index contributed by atoms with van der Waals surface area (Å²) in [5.74, 6) is 2.52. The summed E-state index contributed by atoms with van der Waals surface area (Å²) in [5, 5.41) is 3.63. The van der Waals surface area contributed by atoms with Crippen LogP contribution in [0.1, 0.15) is 33.1 Å². The summed E-state index contributed by atoms with van der Waals surface area (Å²) in [7, 11) is 0. The zero-order chi connectivity index (χ0) is 8.10. The minimum atomic E-state index is 0.713.